The van der Waals surface area contributed by atoms with Gasteiger partial charge in [0.15, 0.2) is 0 Å². The first kappa shape index (κ1) is 19.9. The number of hydrogen-bond acceptors (Lipinski definition) is 9. The number of aryl methyl sites for hydroxylation is 3. The minimum Gasteiger partial charge on any atom is -0.368 e. The van der Waals surface area contributed by atoms with Gasteiger partial charge in [0.2, 0.25) is 5.13 Å². The first-order chi connectivity index (χ1) is 14.0. The number of hydrogen-bond donors (Lipinski definition) is 1. The van der Waals surface area contributed by atoms with Crippen molar-refractivity contribution < 1.29 is 9.53 Å². The molecule has 1 atom stereocenters. The summed E-state index contributed by atoms with van der Waals surface area (Å²) < 4.78 is 5.92. The van der Waals surface area contributed by atoms with Gasteiger partial charge < -0.3 is 15.0 Å². The Hall–Kier alpha value is -2.43. The van der Waals surface area contributed by atoms with Gasteiger partial charge in [0.1, 0.15) is 21.8 Å². The van der Waals surface area contributed by atoms with Gasteiger partial charge in [-0.15, -0.1) is 21.5 Å². The van der Waals surface area contributed by atoms with Crippen LogP contribution in [-0.4, -0.2) is 50.7 Å². The molecule has 0 spiro atoms. The summed E-state index contributed by atoms with van der Waals surface area (Å²) in [7, 11) is 0. The Morgan fingerprint density at radius 2 is 2.14 bits per heavy atom. The van der Waals surface area contributed by atoms with Crippen LogP contribution in [0.1, 0.15) is 44.1 Å². The second-order valence-electron chi connectivity index (χ2n) is 6.69. The highest BCUT2D eigenvalue weighted by molar-refractivity contribution is 7.15. The Morgan fingerprint density at radius 3 is 2.86 bits per heavy atom. The standard InChI is InChI=1S/C19H22N6O2S2/c1-4-16-23-24-19(29-16)22-15-7-5-6-13(21-15)14-10-25(8-9-27-14)18(26)17-11(2)20-12(3)28-17/h5-7,14H,4,8-10H2,1-3H3,(H,21,22,24). The van der Waals surface area contributed by atoms with Gasteiger partial charge >= 0.3 is 0 Å². The Kier molecular flexibility index (Phi) is 5.84. The number of aromatic nitrogens is 4. The van der Waals surface area contributed by atoms with Crippen LogP contribution in [0.5, 0.6) is 0 Å². The lowest BCUT2D eigenvalue weighted by Crippen LogP contribution is -2.42. The number of ether oxygens (including phenoxy) is 1. The molecule has 1 unspecified atom stereocenters. The molecule has 10 heteroatoms. The predicted molar refractivity (Wildman–Crippen MR) is 113 cm³/mol. The number of amides is 1. The van der Waals surface area contributed by atoms with Crippen LogP contribution in [-0.2, 0) is 11.2 Å². The van der Waals surface area contributed by atoms with E-state index in [1.165, 1.54) is 22.7 Å². The molecule has 1 saturated heterocycles. The fourth-order valence-electron chi connectivity index (χ4n) is 3.14. The number of anilines is 2. The number of thiazole rings is 1. The Balaban J connectivity index is 1.48. The van der Waals surface area contributed by atoms with Gasteiger partial charge in [-0.05, 0) is 32.4 Å². The van der Waals surface area contributed by atoms with Gasteiger partial charge in [-0.2, -0.15) is 0 Å². The second kappa shape index (κ2) is 8.52. The number of nitrogens with zero attached hydrogens (tertiary/aromatic N) is 5. The molecule has 1 aliphatic heterocycles. The first-order valence-corrected chi connectivity index (χ1v) is 11.1. The van der Waals surface area contributed by atoms with Crippen molar-refractivity contribution in [3.63, 3.8) is 0 Å². The monoisotopic (exact) mass is 430 g/mol. The van der Waals surface area contributed by atoms with Gasteiger partial charge in [0.05, 0.1) is 29.5 Å². The van der Waals surface area contributed by atoms with E-state index in [2.05, 4.69) is 25.5 Å². The molecule has 1 amide bonds. The zero-order valence-corrected chi connectivity index (χ0v) is 18.1. The lowest BCUT2D eigenvalue weighted by molar-refractivity contribution is -0.0245. The predicted octanol–water partition coefficient (Wildman–Crippen LogP) is 3.53. The molecule has 1 N–H and O–H groups in total. The van der Waals surface area contributed by atoms with Gasteiger partial charge in [0, 0.05) is 6.54 Å². The highest BCUT2D eigenvalue weighted by Crippen LogP contribution is 2.26. The summed E-state index contributed by atoms with van der Waals surface area (Å²) in [5, 5.41) is 14.0. The molecular weight excluding hydrogens is 408 g/mol. The van der Waals surface area contributed by atoms with Crippen molar-refractivity contribution in [2.45, 2.75) is 33.3 Å². The maximum Gasteiger partial charge on any atom is 0.266 e. The minimum absolute atomic E-state index is 0.0108. The number of morpholine rings is 1. The molecule has 1 fully saturated rings. The maximum absolute atomic E-state index is 12.9. The van der Waals surface area contributed by atoms with Crippen LogP contribution in [0.15, 0.2) is 18.2 Å². The fourth-order valence-corrected chi connectivity index (χ4v) is 4.72. The molecular formula is C19H22N6O2S2. The van der Waals surface area contributed by atoms with Crippen LogP contribution in [0.25, 0.3) is 0 Å². The largest absolute Gasteiger partial charge is 0.368 e. The summed E-state index contributed by atoms with van der Waals surface area (Å²) in [6, 6.07) is 5.72. The van der Waals surface area contributed by atoms with E-state index in [1.807, 2.05) is 43.9 Å². The van der Waals surface area contributed by atoms with Crippen LogP contribution in [0.3, 0.4) is 0 Å². The normalized spacial score (nSPS) is 16.8. The van der Waals surface area contributed by atoms with Crippen molar-refractivity contribution in [1.29, 1.82) is 0 Å². The molecule has 1 aliphatic rings. The van der Waals surface area contributed by atoms with Crippen LogP contribution >= 0.6 is 22.7 Å². The molecule has 0 saturated carbocycles. The summed E-state index contributed by atoms with van der Waals surface area (Å²) in [5.41, 5.74) is 1.57. The highest BCUT2D eigenvalue weighted by Gasteiger charge is 2.29. The van der Waals surface area contributed by atoms with E-state index in [0.29, 0.717) is 35.5 Å². The Labute approximate surface area is 177 Å². The van der Waals surface area contributed by atoms with Gasteiger partial charge in [-0.25, -0.2) is 9.97 Å². The number of carbonyl (C=O) groups is 1. The summed E-state index contributed by atoms with van der Waals surface area (Å²) in [4.78, 5) is 24.5. The van der Waals surface area contributed by atoms with E-state index in [1.54, 1.807) is 0 Å². The van der Waals surface area contributed by atoms with E-state index in [0.717, 1.165) is 27.8 Å². The Morgan fingerprint density at radius 1 is 1.28 bits per heavy atom. The molecule has 0 radical (unpaired) electrons. The highest BCUT2D eigenvalue weighted by atomic mass is 32.1. The second-order valence-corrected chi connectivity index (χ2v) is 8.95. The summed E-state index contributed by atoms with van der Waals surface area (Å²) >= 11 is 2.95. The molecule has 0 bridgehead atoms. The molecule has 4 heterocycles. The average molecular weight is 431 g/mol. The maximum atomic E-state index is 12.9. The third-order valence-corrected chi connectivity index (χ3v) is 6.60. The molecule has 3 aromatic heterocycles. The third kappa shape index (κ3) is 4.44. The van der Waals surface area contributed by atoms with E-state index in [4.69, 9.17) is 4.74 Å². The van der Waals surface area contributed by atoms with E-state index in [9.17, 15) is 4.79 Å². The van der Waals surface area contributed by atoms with Crippen molar-refractivity contribution in [3.05, 3.63) is 44.5 Å². The van der Waals surface area contributed by atoms with Gasteiger partial charge in [-0.3, -0.25) is 4.79 Å². The van der Waals surface area contributed by atoms with Crippen molar-refractivity contribution >= 4 is 39.5 Å². The molecule has 29 heavy (non-hydrogen) atoms. The average Bonchev–Trinajstić information content (AvgIpc) is 3.33. The van der Waals surface area contributed by atoms with Crippen molar-refractivity contribution in [1.82, 2.24) is 25.1 Å². The van der Waals surface area contributed by atoms with Crippen LogP contribution in [0.2, 0.25) is 0 Å². The molecule has 0 aliphatic carbocycles. The van der Waals surface area contributed by atoms with Gasteiger partial charge in [-0.1, -0.05) is 24.3 Å². The Bertz CT molecular complexity index is 1020. The number of carbonyl (C=O) groups excluding carboxylic acids is 1. The topological polar surface area (TPSA) is 93.1 Å². The fraction of sp³-hybridized carbons (Fsp3) is 0.421. The molecule has 0 aromatic carbocycles. The number of pyridine rings is 1. The zero-order chi connectivity index (χ0) is 20.4. The molecule has 3 aromatic rings. The van der Waals surface area contributed by atoms with Crippen molar-refractivity contribution in [3.8, 4) is 0 Å². The van der Waals surface area contributed by atoms with E-state index >= 15 is 0 Å². The SMILES string of the molecule is CCc1nnc(Nc2cccc(C3CN(C(=O)c4sc(C)nc4C)CCO3)n2)s1. The molecule has 4 rings (SSSR count). The van der Waals surface area contributed by atoms with E-state index < -0.39 is 0 Å². The summed E-state index contributed by atoms with van der Waals surface area (Å²) in [6.07, 6.45) is 0.579. The minimum atomic E-state index is -0.274. The van der Waals surface area contributed by atoms with Gasteiger partial charge in [0.25, 0.3) is 5.91 Å². The molecule has 8 nitrogen and oxygen atoms in total. The van der Waals surface area contributed by atoms with Crippen molar-refractivity contribution in [2.24, 2.45) is 0 Å². The van der Waals surface area contributed by atoms with Crippen LogP contribution < -0.4 is 5.32 Å². The summed E-state index contributed by atoms with van der Waals surface area (Å²) in [5.74, 6) is 0.693. The zero-order valence-electron chi connectivity index (χ0n) is 16.5. The number of nitrogens with one attached hydrogen (secondary N) is 1. The summed E-state index contributed by atoms with van der Waals surface area (Å²) in [6.45, 7) is 7.34. The third-order valence-electron chi connectivity index (χ3n) is 4.56. The first-order valence-electron chi connectivity index (χ1n) is 9.44. The lowest BCUT2D eigenvalue weighted by Gasteiger charge is -2.32. The van der Waals surface area contributed by atoms with Crippen LogP contribution in [0.4, 0.5) is 10.9 Å². The lowest BCUT2D eigenvalue weighted by atomic mass is 10.1. The van der Waals surface area contributed by atoms with Crippen LogP contribution in [0, 0.1) is 13.8 Å². The number of rotatable bonds is 5. The van der Waals surface area contributed by atoms with Crippen molar-refractivity contribution in [2.75, 3.05) is 25.0 Å². The quantitative estimate of drug-likeness (QED) is 0.662. The van der Waals surface area contributed by atoms with E-state index in [-0.39, 0.29) is 12.0 Å². The molecule has 152 valence electrons. The smallest absolute Gasteiger partial charge is 0.266 e.